The lowest BCUT2D eigenvalue weighted by atomic mass is 10.1. The number of aliphatic hydroxyl groups is 1. The van der Waals surface area contributed by atoms with Gasteiger partial charge in [0.1, 0.15) is 5.82 Å². The maximum atomic E-state index is 13.4. The molecule has 1 N–H and O–H groups in total. The Morgan fingerprint density at radius 2 is 2.06 bits per heavy atom. The molecule has 4 heteroatoms. The van der Waals surface area contributed by atoms with Gasteiger partial charge in [-0.3, -0.25) is 0 Å². The van der Waals surface area contributed by atoms with Crippen LogP contribution in [0.15, 0.2) is 40.2 Å². The molecule has 0 radical (unpaired) electrons. The summed E-state index contributed by atoms with van der Waals surface area (Å²) in [5.41, 5.74) is 0.350. The highest BCUT2D eigenvalue weighted by Crippen LogP contribution is 2.28. The third kappa shape index (κ3) is 2.51. The van der Waals surface area contributed by atoms with E-state index in [-0.39, 0.29) is 5.82 Å². The van der Waals surface area contributed by atoms with Crippen molar-refractivity contribution in [2.24, 2.45) is 0 Å². The standard InChI is InChI=1S/C12H10BrFOS/c13-9-5-6-16-12(9)7-11(15)8-3-1-2-4-10(8)14/h1-6,11,15H,7H2. The fraction of sp³-hybridized carbons (Fsp3) is 0.167. The number of hydrogen-bond donors (Lipinski definition) is 1. The molecule has 0 bridgehead atoms. The van der Waals surface area contributed by atoms with Crippen LogP contribution in [0.2, 0.25) is 0 Å². The monoisotopic (exact) mass is 300 g/mol. The van der Waals surface area contributed by atoms with Crippen LogP contribution in [0.25, 0.3) is 0 Å². The van der Waals surface area contributed by atoms with Crippen molar-refractivity contribution in [3.05, 3.63) is 56.4 Å². The smallest absolute Gasteiger partial charge is 0.129 e. The van der Waals surface area contributed by atoms with E-state index in [1.165, 1.54) is 6.07 Å². The molecule has 1 unspecified atom stereocenters. The van der Waals surface area contributed by atoms with Crippen molar-refractivity contribution in [1.82, 2.24) is 0 Å². The summed E-state index contributed by atoms with van der Waals surface area (Å²) in [6.07, 6.45) is -0.365. The second-order valence-electron chi connectivity index (χ2n) is 3.43. The van der Waals surface area contributed by atoms with Crippen LogP contribution in [0, 0.1) is 5.82 Å². The van der Waals surface area contributed by atoms with E-state index in [2.05, 4.69) is 15.9 Å². The molecule has 1 heterocycles. The van der Waals surface area contributed by atoms with Gasteiger partial charge in [-0.1, -0.05) is 18.2 Å². The molecule has 0 saturated carbocycles. The van der Waals surface area contributed by atoms with Gasteiger partial charge in [-0.05, 0) is 33.4 Å². The molecule has 1 nitrogen and oxygen atoms in total. The minimum atomic E-state index is -0.795. The van der Waals surface area contributed by atoms with Gasteiger partial charge < -0.3 is 5.11 Å². The highest BCUT2D eigenvalue weighted by Gasteiger charge is 2.14. The van der Waals surface area contributed by atoms with Crippen molar-refractivity contribution in [3.63, 3.8) is 0 Å². The van der Waals surface area contributed by atoms with Crippen LogP contribution in [-0.4, -0.2) is 5.11 Å². The van der Waals surface area contributed by atoms with Gasteiger partial charge in [-0.25, -0.2) is 4.39 Å². The molecule has 2 rings (SSSR count). The largest absolute Gasteiger partial charge is 0.388 e. The quantitative estimate of drug-likeness (QED) is 0.911. The third-order valence-corrected chi connectivity index (χ3v) is 4.28. The third-order valence-electron chi connectivity index (χ3n) is 2.33. The Bertz CT molecular complexity index is 483. The van der Waals surface area contributed by atoms with E-state index in [0.717, 1.165) is 9.35 Å². The predicted molar refractivity (Wildman–Crippen MR) is 67.1 cm³/mol. The van der Waals surface area contributed by atoms with E-state index >= 15 is 0 Å². The molecule has 0 aliphatic rings. The zero-order valence-electron chi connectivity index (χ0n) is 8.36. The number of rotatable bonds is 3. The molecule has 0 saturated heterocycles. The van der Waals surface area contributed by atoms with Gasteiger partial charge in [-0.2, -0.15) is 0 Å². The molecule has 1 atom stereocenters. The highest BCUT2D eigenvalue weighted by molar-refractivity contribution is 9.10. The summed E-state index contributed by atoms with van der Waals surface area (Å²) in [5.74, 6) is -0.359. The molecule has 1 aromatic carbocycles. The van der Waals surface area contributed by atoms with E-state index in [1.807, 2.05) is 11.4 Å². The number of thiophene rings is 1. The summed E-state index contributed by atoms with van der Waals surface area (Å²) < 4.78 is 14.4. The lowest BCUT2D eigenvalue weighted by molar-refractivity contribution is 0.174. The Labute approximate surface area is 106 Å². The number of hydrogen-bond acceptors (Lipinski definition) is 2. The molecular formula is C12H10BrFOS. The van der Waals surface area contributed by atoms with Gasteiger partial charge >= 0.3 is 0 Å². The van der Waals surface area contributed by atoms with Gasteiger partial charge in [0.05, 0.1) is 6.10 Å². The number of aliphatic hydroxyl groups excluding tert-OH is 1. The van der Waals surface area contributed by atoms with Gasteiger partial charge in [0.25, 0.3) is 0 Å². The molecular weight excluding hydrogens is 291 g/mol. The molecule has 16 heavy (non-hydrogen) atoms. The topological polar surface area (TPSA) is 20.2 Å². The van der Waals surface area contributed by atoms with E-state index in [1.54, 1.807) is 29.5 Å². The van der Waals surface area contributed by atoms with Crippen LogP contribution < -0.4 is 0 Å². The zero-order chi connectivity index (χ0) is 11.5. The maximum Gasteiger partial charge on any atom is 0.129 e. The van der Waals surface area contributed by atoms with Crippen molar-refractivity contribution in [2.75, 3.05) is 0 Å². The number of benzene rings is 1. The van der Waals surface area contributed by atoms with Crippen molar-refractivity contribution >= 4 is 27.3 Å². The minimum Gasteiger partial charge on any atom is -0.388 e. The van der Waals surface area contributed by atoms with Crippen molar-refractivity contribution in [1.29, 1.82) is 0 Å². The van der Waals surface area contributed by atoms with E-state index in [9.17, 15) is 9.50 Å². The van der Waals surface area contributed by atoms with Crippen LogP contribution in [0.5, 0.6) is 0 Å². The summed E-state index contributed by atoms with van der Waals surface area (Å²) in [5, 5.41) is 11.9. The van der Waals surface area contributed by atoms with Crippen LogP contribution in [-0.2, 0) is 6.42 Å². The molecule has 0 fully saturated rings. The van der Waals surface area contributed by atoms with Crippen LogP contribution in [0.1, 0.15) is 16.5 Å². The van der Waals surface area contributed by atoms with Gasteiger partial charge in [0, 0.05) is 21.3 Å². The van der Waals surface area contributed by atoms with Crippen LogP contribution in [0.3, 0.4) is 0 Å². The van der Waals surface area contributed by atoms with Crippen LogP contribution in [0.4, 0.5) is 4.39 Å². The van der Waals surface area contributed by atoms with E-state index < -0.39 is 6.10 Å². The molecule has 0 aliphatic carbocycles. The van der Waals surface area contributed by atoms with E-state index in [0.29, 0.717) is 12.0 Å². The SMILES string of the molecule is OC(Cc1sccc1Br)c1ccccc1F. The average molecular weight is 301 g/mol. The minimum absolute atomic E-state index is 0.350. The Kier molecular flexibility index (Phi) is 3.74. The zero-order valence-corrected chi connectivity index (χ0v) is 10.8. The first kappa shape index (κ1) is 11.8. The summed E-state index contributed by atoms with van der Waals surface area (Å²) in [6, 6.07) is 8.25. The molecule has 0 amide bonds. The fourth-order valence-corrected chi connectivity index (χ4v) is 3.05. The highest BCUT2D eigenvalue weighted by atomic mass is 79.9. The predicted octanol–water partition coefficient (Wildman–Crippen LogP) is 3.93. The average Bonchev–Trinajstić information content (AvgIpc) is 2.65. The normalized spacial score (nSPS) is 12.7. The Hall–Kier alpha value is -0.710. The lowest BCUT2D eigenvalue weighted by Gasteiger charge is -2.10. The van der Waals surface area contributed by atoms with Crippen molar-refractivity contribution < 1.29 is 9.50 Å². The van der Waals surface area contributed by atoms with Gasteiger partial charge in [0.15, 0.2) is 0 Å². The second-order valence-corrected chi connectivity index (χ2v) is 5.29. The molecule has 2 aromatic rings. The maximum absolute atomic E-state index is 13.4. The summed E-state index contributed by atoms with van der Waals surface area (Å²) in [4.78, 5) is 1.02. The first-order valence-corrected chi connectivity index (χ1v) is 6.50. The van der Waals surface area contributed by atoms with Crippen LogP contribution >= 0.6 is 27.3 Å². The summed E-state index contributed by atoms with van der Waals surface area (Å²) in [7, 11) is 0. The Morgan fingerprint density at radius 1 is 1.31 bits per heavy atom. The van der Waals surface area contributed by atoms with Gasteiger partial charge in [-0.15, -0.1) is 11.3 Å². The summed E-state index contributed by atoms with van der Waals surface area (Å²) >= 11 is 4.94. The second kappa shape index (κ2) is 5.08. The molecule has 0 aliphatic heterocycles. The van der Waals surface area contributed by atoms with Gasteiger partial charge in [0.2, 0.25) is 0 Å². The Balaban J connectivity index is 2.18. The van der Waals surface area contributed by atoms with E-state index in [4.69, 9.17) is 0 Å². The Morgan fingerprint density at radius 3 is 2.69 bits per heavy atom. The first-order valence-electron chi connectivity index (χ1n) is 4.83. The fourth-order valence-electron chi connectivity index (χ4n) is 1.50. The number of halogens is 2. The van der Waals surface area contributed by atoms with Crippen molar-refractivity contribution in [2.45, 2.75) is 12.5 Å². The molecule has 1 aromatic heterocycles. The summed E-state index contributed by atoms with van der Waals surface area (Å²) in [6.45, 7) is 0. The molecule has 0 spiro atoms. The lowest BCUT2D eigenvalue weighted by Crippen LogP contribution is -2.03. The van der Waals surface area contributed by atoms with Crippen molar-refractivity contribution in [3.8, 4) is 0 Å². The molecule has 84 valence electrons. The first-order chi connectivity index (χ1) is 7.68.